The van der Waals surface area contributed by atoms with Gasteiger partial charge in [-0.15, -0.1) is 0 Å². The normalized spacial score (nSPS) is 16.8. The van der Waals surface area contributed by atoms with Crippen LogP contribution in [0.4, 0.5) is 0 Å². The first kappa shape index (κ1) is 11.8. The molecular formula is C14H15ClN2O. The molecule has 1 aromatic heterocycles. The van der Waals surface area contributed by atoms with E-state index in [4.69, 9.17) is 11.6 Å². The number of benzene rings is 1. The van der Waals surface area contributed by atoms with Crippen molar-refractivity contribution in [3.8, 4) is 0 Å². The number of aliphatic hydroxyl groups excluding tert-OH is 1. The zero-order valence-corrected chi connectivity index (χ0v) is 10.9. The fourth-order valence-electron chi connectivity index (χ4n) is 2.25. The molecule has 3 rings (SSSR count). The lowest BCUT2D eigenvalue weighted by atomic mass is 10.0. The Balaban J connectivity index is 1.89. The van der Waals surface area contributed by atoms with E-state index in [2.05, 4.69) is 17.2 Å². The summed E-state index contributed by atoms with van der Waals surface area (Å²) >= 11 is 6.04. The molecule has 18 heavy (non-hydrogen) atoms. The minimum Gasteiger partial charge on any atom is -0.382 e. The van der Waals surface area contributed by atoms with Crippen LogP contribution in [0, 0.1) is 0 Å². The van der Waals surface area contributed by atoms with Gasteiger partial charge in [0, 0.05) is 7.05 Å². The maximum atomic E-state index is 10.3. The van der Waals surface area contributed by atoms with Crippen molar-refractivity contribution in [2.45, 2.75) is 24.9 Å². The third-order valence-electron chi connectivity index (χ3n) is 3.50. The van der Waals surface area contributed by atoms with Crippen molar-refractivity contribution in [2.75, 3.05) is 0 Å². The minimum absolute atomic E-state index is 0.497. The van der Waals surface area contributed by atoms with Crippen LogP contribution in [0.3, 0.4) is 0 Å². The topological polar surface area (TPSA) is 38.0 Å². The van der Waals surface area contributed by atoms with E-state index in [0.29, 0.717) is 10.7 Å². The van der Waals surface area contributed by atoms with E-state index in [-0.39, 0.29) is 0 Å². The summed E-state index contributed by atoms with van der Waals surface area (Å²) in [7, 11) is 1.78. The van der Waals surface area contributed by atoms with Crippen molar-refractivity contribution in [1.29, 1.82) is 0 Å². The van der Waals surface area contributed by atoms with Crippen LogP contribution in [0.15, 0.2) is 30.5 Å². The predicted molar refractivity (Wildman–Crippen MR) is 70.7 cm³/mol. The summed E-state index contributed by atoms with van der Waals surface area (Å²) in [6.45, 7) is 0. The van der Waals surface area contributed by atoms with Crippen molar-refractivity contribution in [1.82, 2.24) is 9.78 Å². The second-order valence-electron chi connectivity index (χ2n) is 4.84. The highest BCUT2D eigenvalue weighted by molar-refractivity contribution is 6.31. The first-order valence-corrected chi connectivity index (χ1v) is 6.50. The lowest BCUT2D eigenvalue weighted by molar-refractivity contribution is 0.210. The monoisotopic (exact) mass is 262 g/mol. The number of aromatic nitrogens is 2. The number of hydrogen-bond donors (Lipinski definition) is 1. The van der Waals surface area contributed by atoms with Crippen LogP contribution in [0.2, 0.25) is 5.02 Å². The maximum Gasteiger partial charge on any atom is 0.122 e. The quantitative estimate of drug-likeness (QED) is 0.923. The van der Waals surface area contributed by atoms with Gasteiger partial charge in [0.25, 0.3) is 0 Å². The Kier molecular flexibility index (Phi) is 2.88. The number of aryl methyl sites for hydroxylation is 1. The van der Waals surface area contributed by atoms with E-state index < -0.39 is 6.10 Å². The highest BCUT2D eigenvalue weighted by Crippen LogP contribution is 2.40. The summed E-state index contributed by atoms with van der Waals surface area (Å²) in [6.07, 6.45) is 3.40. The molecule has 94 valence electrons. The van der Waals surface area contributed by atoms with Gasteiger partial charge in [0.2, 0.25) is 0 Å². The SMILES string of the molecule is Cn1ncc(Cl)c1C(O)c1ccc(C2CC2)cc1. The van der Waals surface area contributed by atoms with Gasteiger partial charge in [0.15, 0.2) is 0 Å². The van der Waals surface area contributed by atoms with Crippen LogP contribution in [-0.4, -0.2) is 14.9 Å². The van der Waals surface area contributed by atoms with Gasteiger partial charge in [-0.2, -0.15) is 5.10 Å². The van der Waals surface area contributed by atoms with Gasteiger partial charge in [-0.3, -0.25) is 4.68 Å². The van der Waals surface area contributed by atoms with Gasteiger partial charge in [0.1, 0.15) is 6.10 Å². The Morgan fingerprint density at radius 1 is 1.33 bits per heavy atom. The van der Waals surface area contributed by atoms with Crippen LogP contribution in [0.25, 0.3) is 0 Å². The van der Waals surface area contributed by atoms with Crippen molar-refractivity contribution in [3.05, 3.63) is 52.3 Å². The number of nitrogens with zero attached hydrogens (tertiary/aromatic N) is 2. The van der Waals surface area contributed by atoms with Crippen LogP contribution in [-0.2, 0) is 7.05 Å². The molecule has 2 aromatic rings. The Hall–Kier alpha value is -1.32. The molecule has 4 heteroatoms. The summed E-state index contributed by atoms with van der Waals surface area (Å²) in [4.78, 5) is 0. The van der Waals surface area contributed by atoms with Crippen LogP contribution >= 0.6 is 11.6 Å². The predicted octanol–water partition coefficient (Wildman–Crippen LogP) is 3.03. The molecule has 0 radical (unpaired) electrons. The van der Waals surface area contributed by atoms with E-state index in [1.165, 1.54) is 18.4 Å². The molecule has 1 fully saturated rings. The molecule has 0 bridgehead atoms. The van der Waals surface area contributed by atoms with E-state index in [1.807, 2.05) is 12.1 Å². The highest BCUT2D eigenvalue weighted by atomic mass is 35.5. The zero-order valence-electron chi connectivity index (χ0n) is 10.2. The number of hydrogen-bond acceptors (Lipinski definition) is 2. The van der Waals surface area contributed by atoms with E-state index in [1.54, 1.807) is 17.9 Å². The van der Waals surface area contributed by atoms with Gasteiger partial charge < -0.3 is 5.11 Å². The van der Waals surface area contributed by atoms with Gasteiger partial charge in [-0.1, -0.05) is 35.9 Å². The van der Waals surface area contributed by atoms with Gasteiger partial charge >= 0.3 is 0 Å². The second kappa shape index (κ2) is 4.41. The molecule has 1 aromatic carbocycles. The molecular weight excluding hydrogens is 248 g/mol. The second-order valence-corrected chi connectivity index (χ2v) is 5.25. The van der Waals surface area contributed by atoms with Crippen molar-refractivity contribution >= 4 is 11.6 Å². The molecule has 1 aliphatic carbocycles. The molecule has 0 saturated heterocycles. The average molecular weight is 263 g/mol. The lowest BCUT2D eigenvalue weighted by Crippen LogP contribution is -2.07. The van der Waals surface area contributed by atoms with Crippen molar-refractivity contribution in [3.63, 3.8) is 0 Å². The third-order valence-corrected chi connectivity index (χ3v) is 3.79. The maximum absolute atomic E-state index is 10.3. The van der Waals surface area contributed by atoms with Gasteiger partial charge in [-0.05, 0) is 29.9 Å². The Labute approximate surface area is 111 Å². The fourth-order valence-corrected chi connectivity index (χ4v) is 2.52. The van der Waals surface area contributed by atoms with E-state index >= 15 is 0 Å². The number of halogens is 1. The largest absolute Gasteiger partial charge is 0.382 e. The molecule has 3 nitrogen and oxygen atoms in total. The highest BCUT2D eigenvalue weighted by Gasteiger charge is 2.24. The fraction of sp³-hybridized carbons (Fsp3) is 0.357. The first-order valence-electron chi connectivity index (χ1n) is 6.12. The Morgan fingerprint density at radius 2 is 2.00 bits per heavy atom. The molecule has 1 saturated carbocycles. The summed E-state index contributed by atoms with van der Waals surface area (Å²) in [6, 6.07) is 8.14. The molecule has 0 aliphatic heterocycles. The summed E-state index contributed by atoms with van der Waals surface area (Å²) < 4.78 is 1.61. The van der Waals surface area contributed by atoms with Crippen LogP contribution in [0.1, 0.15) is 41.7 Å². The third kappa shape index (κ3) is 2.04. The Bertz CT molecular complexity index is 538. The van der Waals surface area contributed by atoms with Crippen LogP contribution < -0.4 is 0 Å². The van der Waals surface area contributed by atoms with E-state index in [9.17, 15) is 5.11 Å². The minimum atomic E-state index is -0.724. The number of aliphatic hydroxyl groups is 1. The average Bonchev–Trinajstić information content (AvgIpc) is 3.16. The van der Waals surface area contributed by atoms with E-state index in [0.717, 1.165) is 11.5 Å². The summed E-state index contributed by atoms with van der Waals surface area (Å²) in [5.41, 5.74) is 2.85. The molecule has 1 aliphatic rings. The Morgan fingerprint density at radius 3 is 2.50 bits per heavy atom. The number of rotatable bonds is 3. The standard InChI is InChI=1S/C14H15ClN2O/c1-17-13(12(15)8-16-17)14(18)11-6-4-10(5-7-11)9-2-3-9/h4-9,14,18H,2-3H2,1H3. The van der Waals surface area contributed by atoms with Crippen molar-refractivity contribution in [2.24, 2.45) is 7.05 Å². The van der Waals surface area contributed by atoms with Gasteiger partial charge in [0.05, 0.1) is 16.9 Å². The molecule has 0 amide bonds. The molecule has 1 N–H and O–H groups in total. The smallest absolute Gasteiger partial charge is 0.122 e. The summed E-state index contributed by atoms with van der Waals surface area (Å²) in [5.74, 6) is 0.733. The first-order chi connectivity index (χ1) is 8.66. The molecule has 1 atom stereocenters. The molecule has 1 unspecified atom stereocenters. The zero-order chi connectivity index (χ0) is 12.7. The molecule has 1 heterocycles. The van der Waals surface area contributed by atoms with Gasteiger partial charge in [-0.25, -0.2) is 0 Å². The molecule has 0 spiro atoms. The van der Waals surface area contributed by atoms with Crippen molar-refractivity contribution < 1.29 is 5.11 Å². The summed E-state index contributed by atoms with van der Waals surface area (Å²) in [5, 5.41) is 14.9. The lowest BCUT2D eigenvalue weighted by Gasteiger charge is -2.12. The van der Waals surface area contributed by atoms with Crippen LogP contribution in [0.5, 0.6) is 0 Å².